The van der Waals surface area contributed by atoms with Gasteiger partial charge in [-0.25, -0.2) is 4.79 Å². The number of hydrogen-bond donors (Lipinski definition) is 2. The van der Waals surface area contributed by atoms with Gasteiger partial charge in [0.25, 0.3) is 0 Å². The zero-order valence-electron chi connectivity index (χ0n) is 10.7. The van der Waals surface area contributed by atoms with Crippen molar-refractivity contribution in [2.45, 2.75) is 19.9 Å². The monoisotopic (exact) mass is 294 g/mol. The molecule has 0 bridgehead atoms. The molecule has 19 heavy (non-hydrogen) atoms. The highest BCUT2D eigenvalue weighted by Crippen LogP contribution is 2.26. The van der Waals surface area contributed by atoms with E-state index in [1.54, 1.807) is 0 Å². The first-order valence-electron chi connectivity index (χ1n) is 5.94. The molecule has 0 aliphatic rings. The van der Waals surface area contributed by atoms with Gasteiger partial charge in [-0.2, -0.15) is 0 Å². The van der Waals surface area contributed by atoms with Gasteiger partial charge in [-0.3, -0.25) is 0 Å². The van der Waals surface area contributed by atoms with Gasteiger partial charge in [0.1, 0.15) is 0 Å². The van der Waals surface area contributed by atoms with Crippen LogP contribution >= 0.6 is 22.9 Å². The highest BCUT2D eigenvalue weighted by molar-refractivity contribution is 7.16. The van der Waals surface area contributed by atoms with Crippen LogP contribution in [0.3, 0.4) is 0 Å². The molecule has 0 saturated carbocycles. The summed E-state index contributed by atoms with van der Waals surface area (Å²) in [5.74, 6) is 0. The first-order chi connectivity index (χ1) is 9.04. The second-order valence-corrected chi connectivity index (χ2v) is 6.08. The van der Waals surface area contributed by atoms with Gasteiger partial charge in [-0.15, -0.1) is 11.3 Å². The van der Waals surface area contributed by atoms with Crippen LogP contribution in [-0.2, 0) is 0 Å². The Bertz CT molecular complexity index is 582. The molecule has 3 nitrogen and oxygen atoms in total. The van der Waals surface area contributed by atoms with Crippen molar-refractivity contribution >= 4 is 34.7 Å². The van der Waals surface area contributed by atoms with E-state index in [2.05, 4.69) is 10.6 Å². The molecule has 1 atom stereocenters. The van der Waals surface area contributed by atoms with Crippen molar-refractivity contribution in [1.82, 2.24) is 5.32 Å². The maximum Gasteiger partial charge on any atom is 0.319 e. The van der Waals surface area contributed by atoms with E-state index in [1.807, 2.05) is 50.2 Å². The normalized spacial score (nSPS) is 11.9. The van der Waals surface area contributed by atoms with Crippen molar-refractivity contribution in [3.63, 3.8) is 0 Å². The molecule has 1 heterocycles. The maximum absolute atomic E-state index is 11.9. The molecule has 1 aromatic carbocycles. The molecule has 1 aromatic heterocycles. The smallest absolute Gasteiger partial charge is 0.319 e. The van der Waals surface area contributed by atoms with Crippen LogP contribution in [0.4, 0.5) is 10.5 Å². The van der Waals surface area contributed by atoms with Crippen molar-refractivity contribution in [3.8, 4) is 0 Å². The fraction of sp³-hybridized carbons (Fsp3) is 0.214. The predicted octanol–water partition coefficient (Wildman–Crippen LogP) is 4.59. The number of halogens is 1. The molecule has 0 aliphatic carbocycles. The SMILES string of the molecule is Cc1cccc(NC(=O)N[C@H](C)c2ccc(Cl)s2)c1. The molecule has 0 aliphatic heterocycles. The Morgan fingerprint density at radius 3 is 2.74 bits per heavy atom. The van der Waals surface area contributed by atoms with Crippen LogP contribution in [0.25, 0.3) is 0 Å². The number of aryl methyl sites for hydroxylation is 1. The standard InChI is InChI=1S/C14H15ClN2OS/c1-9-4-3-5-11(8-9)17-14(18)16-10(2)12-6-7-13(15)19-12/h3-8,10H,1-2H3,(H2,16,17,18)/t10-/m1/s1. The van der Waals surface area contributed by atoms with E-state index in [4.69, 9.17) is 11.6 Å². The number of carbonyl (C=O) groups excluding carboxylic acids is 1. The van der Waals surface area contributed by atoms with Gasteiger partial charge in [0.05, 0.1) is 10.4 Å². The Labute approximate surface area is 121 Å². The molecule has 5 heteroatoms. The number of amides is 2. The number of thiophene rings is 1. The van der Waals surface area contributed by atoms with Crippen molar-refractivity contribution < 1.29 is 4.79 Å². The van der Waals surface area contributed by atoms with E-state index in [1.165, 1.54) is 11.3 Å². The number of nitrogens with one attached hydrogen (secondary N) is 2. The Balaban J connectivity index is 1.94. The molecule has 100 valence electrons. The van der Waals surface area contributed by atoms with E-state index in [-0.39, 0.29) is 12.1 Å². The van der Waals surface area contributed by atoms with Crippen LogP contribution < -0.4 is 10.6 Å². The summed E-state index contributed by atoms with van der Waals surface area (Å²) >= 11 is 7.35. The van der Waals surface area contributed by atoms with Crippen LogP contribution in [0.5, 0.6) is 0 Å². The van der Waals surface area contributed by atoms with Gasteiger partial charge in [0, 0.05) is 10.6 Å². The third-order valence-electron chi connectivity index (χ3n) is 2.64. The van der Waals surface area contributed by atoms with Crippen LogP contribution in [0.15, 0.2) is 36.4 Å². The lowest BCUT2D eigenvalue weighted by Crippen LogP contribution is -2.30. The Morgan fingerprint density at radius 2 is 2.11 bits per heavy atom. The van der Waals surface area contributed by atoms with E-state index in [9.17, 15) is 4.79 Å². The molecule has 0 saturated heterocycles. The van der Waals surface area contributed by atoms with Gasteiger partial charge in [0.15, 0.2) is 0 Å². The van der Waals surface area contributed by atoms with E-state index >= 15 is 0 Å². The number of rotatable bonds is 3. The Kier molecular flexibility index (Phi) is 4.45. The van der Waals surface area contributed by atoms with E-state index in [0.29, 0.717) is 0 Å². The second-order valence-electron chi connectivity index (χ2n) is 4.33. The van der Waals surface area contributed by atoms with Crippen molar-refractivity contribution in [3.05, 3.63) is 51.2 Å². The van der Waals surface area contributed by atoms with Crippen LogP contribution in [0.2, 0.25) is 4.34 Å². The summed E-state index contributed by atoms with van der Waals surface area (Å²) in [7, 11) is 0. The minimum Gasteiger partial charge on any atom is -0.331 e. The van der Waals surface area contributed by atoms with Crippen molar-refractivity contribution in [1.29, 1.82) is 0 Å². The summed E-state index contributed by atoms with van der Waals surface area (Å²) in [6, 6.07) is 11.1. The topological polar surface area (TPSA) is 41.1 Å². The zero-order chi connectivity index (χ0) is 13.8. The van der Waals surface area contributed by atoms with Gasteiger partial charge in [0.2, 0.25) is 0 Å². The first kappa shape index (κ1) is 13.9. The van der Waals surface area contributed by atoms with Crippen molar-refractivity contribution in [2.75, 3.05) is 5.32 Å². The molecule has 0 unspecified atom stereocenters. The van der Waals surface area contributed by atoms with Crippen LogP contribution in [-0.4, -0.2) is 6.03 Å². The molecular formula is C14H15ClN2OS. The number of hydrogen-bond acceptors (Lipinski definition) is 2. The Morgan fingerprint density at radius 1 is 1.32 bits per heavy atom. The minimum atomic E-state index is -0.220. The summed E-state index contributed by atoms with van der Waals surface area (Å²) in [6.07, 6.45) is 0. The highest BCUT2D eigenvalue weighted by atomic mass is 35.5. The molecular weight excluding hydrogens is 280 g/mol. The number of benzene rings is 1. The second kappa shape index (κ2) is 6.08. The Hall–Kier alpha value is -1.52. The fourth-order valence-electron chi connectivity index (χ4n) is 1.72. The number of carbonyl (C=O) groups is 1. The largest absolute Gasteiger partial charge is 0.331 e. The summed E-state index contributed by atoms with van der Waals surface area (Å²) < 4.78 is 0.725. The van der Waals surface area contributed by atoms with Crippen LogP contribution in [0, 0.1) is 6.92 Å². The minimum absolute atomic E-state index is 0.0673. The molecule has 0 spiro atoms. The third-order valence-corrected chi connectivity index (χ3v) is 4.06. The molecule has 0 fully saturated rings. The van der Waals surface area contributed by atoms with Gasteiger partial charge >= 0.3 is 6.03 Å². The van der Waals surface area contributed by atoms with E-state index in [0.717, 1.165) is 20.5 Å². The third kappa shape index (κ3) is 3.98. The average Bonchev–Trinajstić information content (AvgIpc) is 2.75. The number of urea groups is 1. The molecule has 2 rings (SSSR count). The van der Waals surface area contributed by atoms with Gasteiger partial charge in [-0.1, -0.05) is 23.7 Å². The summed E-state index contributed by atoms with van der Waals surface area (Å²) in [6.45, 7) is 3.91. The first-order valence-corrected chi connectivity index (χ1v) is 7.13. The van der Waals surface area contributed by atoms with Gasteiger partial charge in [-0.05, 0) is 43.7 Å². The molecule has 0 radical (unpaired) electrons. The van der Waals surface area contributed by atoms with Crippen molar-refractivity contribution in [2.24, 2.45) is 0 Å². The lowest BCUT2D eigenvalue weighted by Gasteiger charge is -2.13. The zero-order valence-corrected chi connectivity index (χ0v) is 12.3. The molecule has 2 N–H and O–H groups in total. The highest BCUT2D eigenvalue weighted by Gasteiger charge is 2.11. The average molecular weight is 295 g/mol. The van der Waals surface area contributed by atoms with Crippen LogP contribution in [0.1, 0.15) is 23.4 Å². The van der Waals surface area contributed by atoms with E-state index < -0.39 is 0 Å². The lowest BCUT2D eigenvalue weighted by molar-refractivity contribution is 0.249. The quantitative estimate of drug-likeness (QED) is 0.854. The lowest BCUT2D eigenvalue weighted by atomic mass is 10.2. The summed E-state index contributed by atoms with van der Waals surface area (Å²) in [5.41, 5.74) is 1.89. The molecule has 2 aromatic rings. The van der Waals surface area contributed by atoms with Gasteiger partial charge < -0.3 is 10.6 Å². The summed E-state index contributed by atoms with van der Waals surface area (Å²) in [5, 5.41) is 5.69. The predicted molar refractivity (Wildman–Crippen MR) is 81.1 cm³/mol. The molecule has 2 amide bonds. The number of anilines is 1. The summed E-state index contributed by atoms with van der Waals surface area (Å²) in [4.78, 5) is 12.9. The maximum atomic E-state index is 11.9. The fourth-order valence-corrected chi connectivity index (χ4v) is 2.78.